The molecule has 0 aliphatic rings. The van der Waals surface area contributed by atoms with Crippen molar-refractivity contribution < 1.29 is 13.9 Å². The summed E-state index contributed by atoms with van der Waals surface area (Å²) in [6, 6.07) is 13.0. The van der Waals surface area contributed by atoms with Crippen molar-refractivity contribution in [1.29, 1.82) is 5.26 Å². The van der Waals surface area contributed by atoms with Crippen molar-refractivity contribution in [3.8, 4) is 17.4 Å². The number of nitrogens with zero attached hydrogens (tertiary/aromatic N) is 1. The minimum atomic E-state index is -0.654. The van der Waals surface area contributed by atoms with E-state index in [1.807, 2.05) is 30.3 Å². The summed E-state index contributed by atoms with van der Waals surface area (Å²) in [6.45, 7) is 3.46. The number of benzene rings is 1. The van der Waals surface area contributed by atoms with Crippen molar-refractivity contribution in [1.82, 2.24) is 0 Å². The van der Waals surface area contributed by atoms with E-state index in [0.717, 1.165) is 10.0 Å². The molecule has 0 saturated carbocycles. The van der Waals surface area contributed by atoms with E-state index >= 15 is 0 Å². The third kappa shape index (κ3) is 4.09. The van der Waals surface area contributed by atoms with E-state index in [4.69, 9.17) is 14.4 Å². The standard InChI is InChI=1S/C17H14BrNO3/c1-11(2)21-17(20)13(10-19)9-15-7-8-16(22-15)12-3-5-14(18)6-4-12/h3-9,11H,1-2H3. The Morgan fingerprint density at radius 1 is 1.27 bits per heavy atom. The van der Waals surface area contributed by atoms with E-state index in [9.17, 15) is 4.79 Å². The zero-order valence-electron chi connectivity index (χ0n) is 12.2. The predicted molar refractivity (Wildman–Crippen MR) is 86.7 cm³/mol. The fourth-order valence-electron chi connectivity index (χ4n) is 1.76. The molecule has 0 radical (unpaired) electrons. The third-order valence-corrected chi connectivity index (χ3v) is 3.25. The SMILES string of the molecule is CC(C)OC(=O)C(C#N)=Cc1ccc(-c2ccc(Br)cc2)o1. The van der Waals surface area contributed by atoms with Crippen LogP contribution in [0, 0.1) is 11.3 Å². The Labute approximate surface area is 137 Å². The maximum atomic E-state index is 11.7. The van der Waals surface area contributed by atoms with E-state index in [1.54, 1.807) is 26.0 Å². The normalized spacial score (nSPS) is 11.3. The molecule has 22 heavy (non-hydrogen) atoms. The van der Waals surface area contributed by atoms with Crippen LogP contribution in [0.2, 0.25) is 0 Å². The quantitative estimate of drug-likeness (QED) is 0.455. The van der Waals surface area contributed by atoms with Crippen molar-refractivity contribution in [3.05, 3.63) is 52.2 Å². The second-order valence-electron chi connectivity index (χ2n) is 4.83. The molecule has 112 valence electrons. The van der Waals surface area contributed by atoms with Crippen LogP contribution in [-0.2, 0) is 9.53 Å². The number of ether oxygens (including phenoxy) is 1. The summed E-state index contributed by atoms with van der Waals surface area (Å²) in [4.78, 5) is 11.7. The van der Waals surface area contributed by atoms with Gasteiger partial charge in [0, 0.05) is 16.1 Å². The Morgan fingerprint density at radius 2 is 1.95 bits per heavy atom. The van der Waals surface area contributed by atoms with Crippen molar-refractivity contribution in [3.63, 3.8) is 0 Å². The van der Waals surface area contributed by atoms with Crippen LogP contribution >= 0.6 is 15.9 Å². The highest BCUT2D eigenvalue weighted by atomic mass is 79.9. The molecule has 1 aromatic carbocycles. The third-order valence-electron chi connectivity index (χ3n) is 2.73. The number of halogens is 1. The van der Waals surface area contributed by atoms with Gasteiger partial charge in [-0.25, -0.2) is 4.79 Å². The first-order chi connectivity index (χ1) is 10.5. The molecule has 0 amide bonds. The monoisotopic (exact) mass is 359 g/mol. The molecule has 0 N–H and O–H groups in total. The molecule has 0 aliphatic heterocycles. The zero-order valence-corrected chi connectivity index (χ0v) is 13.8. The highest BCUT2D eigenvalue weighted by Gasteiger charge is 2.13. The Morgan fingerprint density at radius 3 is 2.55 bits per heavy atom. The average Bonchev–Trinajstić information content (AvgIpc) is 2.93. The summed E-state index contributed by atoms with van der Waals surface area (Å²) < 4.78 is 11.6. The van der Waals surface area contributed by atoms with Gasteiger partial charge in [-0.3, -0.25) is 0 Å². The van der Waals surface area contributed by atoms with Crippen LogP contribution in [-0.4, -0.2) is 12.1 Å². The van der Waals surface area contributed by atoms with Crippen molar-refractivity contribution in [2.45, 2.75) is 20.0 Å². The van der Waals surface area contributed by atoms with Gasteiger partial charge >= 0.3 is 5.97 Å². The largest absolute Gasteiger partial charge is 0.459 e. The van der Waals surface area contributed by atoms with Gasteiger partial charge in [0.15, 0.2) is 0 Å². The number of hydrogen-bond acceptors (Lipinski definition) is 4. The minimum absolute atomic E-state index is 0.0922. The molecule has 0 spiro atoms. The summed E-state index contributed by atoms with van der Waals surface area (Å²) in [7, 11) is 0. The lowest BCUT2D eigenvalue weighted by molar-refractivity contribution is -0.142. The molecule has 0 aliphatic carbocycles. The minimum Gasteiger partial charge on any atom is -0.459 e. The highest BCUT2D eigenvalue weighted by molar-refractivity contribution is 9.10. The summed E-state index contributed by atoms with van der Waals surface area (Å²) in [5.41, 5.74) is 0.816. The van der Waals surface area contributed by atoms with Gasteiger partial charge in [0.2, 0.25) is 0 Å². The van der Waals surface area contributed by atoms with Crippen LogP contribution in [0.15, 0.2) is 50.9 Å². The molecular formula is C17H14BrNO3. The topological polar surface area (TPSA) is 63.2 Å². The Balaban J connectivity index is 2.23. The molecule has 0 atom stereocenters. The number of carbonyl (C=O) groups excluding carboxylic acids is 1. The van der Waals surface area contributed by atoms with Crippen molar-refractivity contribution in [2.75, 3.05) is 0 Å². The van der Waals surface area contributed by atoms with Gasteiger partial charge in [-0.15, -0.1) is 0 Å². The Hall–Kier alpha value is -2.32. The van der Waals surface area contributed by atoms with Crippen LogP contribution in [0.4, 0.5) is 0 Å². The number of nitriles is 1. The van der Waals surface area contributed by atoms with Gasteiger partial charge in [0.1, 0.15) is 23.2 Å². The number of esters is 1. The summed E-state index contributed by atoms with van der Waals surface area (Å²) in [5.74, 6) is 0.433. The van der Waals surface area contributed by atoms with Crippen LogP contribution < -0.4 is 0 Å². The van der Waals surface area contributed by atoms with Crippen molar-refractivity contribution in [2.24, 2.45) is 0 Å². The molecule has 1 heterocycles. The second kappa shape index (κ2) is 7.10. The van der Waals surface area contributed by atoms with E-state index < -0.39 is 5.97 Å². The van der Waals surface area contributed by atoms with Gasteiger partial charge in [-0.1, -0.05) is 28.1 Å². The number of furan rings is 1. The number of carbonyl (C=O) groups is 1. The summed E-state index contributed by atoms with van der Waals surface area (Å²) >= 11 is 3.37. The van der Waals surface area contributed by atoms with E-state index in [1.165, 1.54) is 6.08 Å². The van der Waals surface area contributed by atoms with Gasteiger partial charge in [0.05, 0.1) is 6.10 Å². The maximum absolute atomic E-state index is 11.7. The molecular weight excluding hydrogens is 346 g/mol. The van der Waals surface area contributed by atoms with Crippen LogP contribution in [0.25, 0.3) is 17.4 Å². The van der Waals surface area contributed by atoms with Gasteiger partial charge in [-0.2, -0.15) is 5.26 Å². The predicted octanol–water partition coefficient (Wildman–Crippen LogP) is 4.57. The van der Waals surface area contributed by atoms with Gasteiger partial charge in [-0.05, 0) is 38.1 Å². The Bertz CT molecular complexity index is 736. The molecule has 4 nitrogen and oxygen atoms in total. The Kier molecular flexibility index (Phi) is 5.18. The average molecular weight is 360 g/mol. The maximum Gasteiger partial charge on any atom is 0.349 e. The number of rotatable bonds is 4. The fourth-order valence-corrected chi connectivity index (χ4v) is 2.02. The molecule has 0 fully saturated rings. The summed E-state index contributed by atoms with van der Waals surface area (Å²) in [5, 5.41) is 9.06. The van der Waals surface area contributed by atoms with Crippen LogP contribution in [0.5, 0.6) is 0 Å². The molecule has 0 bridgehead atoms. The van der Waals surface area contributed by atoms with Gasteiger partial charge < -0.3 is 9.15 Å². The fraction of sp³-hybridized carbons (Fsp3) is 0.176. The molecule has 2 rings (SSSR count). The van der Waals surface area contributed by atoms with Crippen LogP contribution in [0.1, 0.15) is 19.6 Å². The molecule has 1 aromatic heterocycles. The zero-order chi connectivity index (χ0) is 16.1. The number of hydrogen-bond donors (Lipinski definition) is 0. The lowest BCUT2D eigenvalue weighted by atomic mass is 10.2. The molecule has 0 unspecified atom stereocenters. The van der Waals surface area contributed by atoms with Crippen LogP contribution in [0.3, 0.4) is 0 Å². The lowest BCUT2D eigenvalue weighted by Gasteiger charge is -2.05. The first-order valence-electron chi connectivity index (χ1n) is 6.68. The van der Waals surface area contributed by atoms with Gasteiger partial charge in [0.25, 0.3) is 0 Å². The van der Waals surface area contributed by atoms with E-state index in [2.05, 4.69) is 15.9 Å². The first-order valence-corrected chi connectivity index (χ1v) is 7.47. The van der Waals surface area contributed by atoms with E-state index in [0.29, 0.717) is 11.5 Å². The highest BCUT2D eigenvalue weighted by Crippen LogP contribution is 2.25. The molecule has 2 aromatic rings. The van der Waals surface area contributed by atoms with E-state index in [-0.39, 0.29) is 11.7 Å². The smallest absolute Gasteiger partial charge is 0.349 e. The first kappa shape index (κ1) is 16.1. The summed E-state index contributed by atoms with van der Waals surface area (Å²) in [6.07, 6.45) is 1.10. The second-order valence-corrected chi connectivity index (χ2v) is 5.75. The van der Waals surface area contributed by atoms with Crippen molar-refractivity contribution >= 4 is 28.0 Å². The molecule has 0 saturated heterocycles. The molecule has 5 heteroatoms. The lowest BCUT2D eigenvalue weighted by Crippen LogP contribution is -2.12.